The van der Waals surface area contributed by atoms with Gasteiger partial charge in [0.1, 0.15) is 0 Å². The van der Waals surface area contributed by atoms with Crippen molar-refractivity contribution in [3.8, 4) is 0 Å². The van der Waals surface area contributed by atoms with Gasteiger partial charge in [-0.1, -0.05) is 0 Å². The summed E-state index contributed by atoms with van der Waals surface area (Å²) in [5.41, 5.74) is 2.54. The molecule has 0 saturated heterocycles. The Morgan fingerprint density at radius 1 is 0.628 bits per heavy atom. The van der Waals surface area contributed by atoms with Crippen LogP contribution in [0.2, 0.25) is 0 Å². The predicted molar refractivity (Wildman–Crippen MR) is 171 cm³/mol. The van der Waals surface area contributed by atoms with Gasteiger partial charge in [0.25, 0.3) is 0 Å². The second-order valence-corrected chi connectivity index (χ2v) is 15.6. The van der Waals surface area contributed by atoms with E-state index in [-0.39, 0.29) is 30.2 Å². The predicted octanol–water partition coefficient (Wildman–Crippen LogP) is 2.89. The van der Waals surface area contributed by atoms with Crippen LogP contribution in [0.5, 0.6) is 0 Å². The van der Waals surface area contributed by atoms with Crippen LogP contribution in [0.3, 0.4) is 0 Å². The first-order chi connectivity index (χ1) is 19.3. The van der Waals surface area contributed by atoms with Gasteiger partial charge in [-0.25, -0.2) is 0 Å². The zero-order valence-electron chi connectivity index (χ0n) is 28.0. The Labute approximate surface area is 258 Å². The van der Waals surface area contributed by atoms with Crippen molar-refractivity contribution in [1.29, 1.82) is 0 Å². The normalized spacial score (nSPS) is 13.6. The van der Waals surface area contributed by atoms with Gasteiger partial charge in [0.05, 0.1) is 0 Å². The number of carbonyl (C=O) groups is 6. The molecule has 242 valence electrons. The number of hydrogen-bond donors (Lipinski definition) is 1. The molecule has 0 radical (unpaired) electrons. The summed E-state index contributed by atoms with van der Waals surface area (Å²) in [6.45, 7) is 19.5. The molecular formula is C25H48B4NO12P. The van der Waals surface area contributed by atoms with E-state index in [1.807, 2.05) is 41.5 Å². The number of nitrogens with two attached hydrogens (primary N) is 1. The first kappa shape index (κ1) is 40.5. The Balaban J connectivity index is 6.93. The maximum atomic E-state index is 13.7. The SMILES string of the molecule is BOC(=O)BC(=O)O[PH](OC(=O)BC(=O)OB)(OC(=O)C(C)(C)CC(C)(C)C(C)C)OC(=O)C(C)(C)CC(C)(C)C(C)N. The molecule has 18 heteroatoms. The van der Waals surface area contributed by atoms with Crippen LogP contribution in [0.15, 0.2) is 0 Å². The van der Waals surface area contributed by atoms with Crippen LogP contribution in [-0.2, 0) is 37.0 Å². The monoisotopic (exact) mass is 629 g/mol. The van der Waals surface area contributed by atoms with E-state index in [9.17, 15) is 28.8 Å². The molecule has 0 aliphatic heterocycles. The van der Waals surface area contributed by atoms with E-state index in [0.29, 0.717) is 0 Å². The summed E-state index contributed by atoms with van der Waals surface area (Å²) in [5, 5.41) is 0. The van der Waals surface area contributed by atoms with Crippen LogP contribution < -0.4 is 5.73 Å². The minimum absolute atomic E-state index is 0.143. The summed E-state index contributed by atoms with van der Waals surface area (Å²) < 4.78 is 30.7. The summed E-state index contributed by atoms with van der Waals surface area (Å²) in [5.74, 6) is -6.68. The van der Waals surface area contributed by atoms with Gasteiger partial charge >= 0.3 is 259 Å². The first-order valence-corrected chi connectivity index (χ1v) is 15.7. The molecule has 0 heterocycles. The Bertz CT molecular complexity index is 981. The van der Waals surface area contributed by atoms with Gasteiger partial charge in [-0.3, -0.25) is 0 Å². The van der Waals surface area contributed by atoms with Crippen LogP contribution in [0.4, 0.5) is 19.2 Å². The topological polar surface area (TPSA) is 184 Å². The third-order valence-electron chi connectivity index (χ3n) is 7.64. The number of hydrogen-bond acceptors (Lipinski definition) is 13. The summed E-state index contributed by atoms with van der Waals surface area (Å²) in [6.07, 6.45) is 0.435. The average molecular weight is 629 g/mol. The molecule has 1 atom stereocenters. The van der Waals surface area contributed by atoms with Gasteiger partial charge in [0.15, 0.2) is 0 Å². The van der Waals surface area contributed by atoms with Crippen LogP contribution in [-0.4, -0.2) is 72.1 Å². The molecule has 0 aliphatic rings. The van der Waals surface area contributed by atoms with Gasteiger partial charge in [-0.2, -0.15) is 0 Å². The van der Waals surface area contributed by atoms with Gasteiger partial charge in [0.2, 0.25) is 0 Å². The Hall–Kier alpha value is -2.53. The standard InChI is InChI=1S/C25H48B4NO12P/c1-14(2)22(4,5)12-24(8,9)16(31)39-43(41-20(35)28-18(33)37-26,42-21(36)29-19(34)38-27)40-17(32)25(10,11)13-23(6,7)15(3)30/h14-15,28-29,43H,12-13,26-27,30H2,1-11H3. The molecule has 0 aromatic rings. The van der Waals surface area contributed by atoms with Crippen molar-refractivity contribution in [2.45, 2.75) is 95.0 Å². The van der Waals surface area contributed by atoms with E-state index in [1.54, 1.807) is 20.8 Å². The Morgan fingerprint density at radius 3 is 1.23 bits per heavy atom. The minimum atomic E-state index is -5.48. The Kier molecular flexibility index (Phi) is 14.5. The molecule has 0 spiro atoms. The second kappa shape index (κ2) is 15.5. The van der Waals surface area contributed by atoms with Crippen LogP contribution >= 0.6 is 8.17 Å². The zero-order valence-corrected chi connectivity index (χ0v) is 29.0. The molecular weight excluding hydrogens is 580 g/mol. The quantitative estimate of drug-likeness (QED) is 0.195. The van der Waals surface area contributed by atoms with E-state index >= 15 is 0 Å². The fraction of sp³-hybridized carbons (Fsp3) is 0.760. The van der Waals surface area contributed by atoms with Gasteiger partial charge in [-0.05, 0) is 0 Å². The molecule has 43 heavy (non-hydrogen) atoms. The third kappa shape index (κ3) is 12.9. The fourth-order valence-electron chi connectivity index (χ4n) is 4.15. The van der Waals surface area contributed by atoms with E-state index in [0.717, 1.165) is 16.1 Å². The molecule has 0 fully saturated rings. The van der Waals surface area contributed by atoms with Crippen molar-refractivity contribution in [2.24, 2.45) is 33.3 Å². The summed E-state index contributed by atoms with van der Waals surface area (Å²) in [4.78, 5) is 76.6. The first-order valence-electron chi connectivity index (χ1n) is 14.1. The third-order valence-corrected chi connectivity index (χ3v) is 9.47. The van der Waals surface area contributed by atoms with Crippen molar-refractivity contribution in [2.75, 3.05) is 0 Å². The van der Waals surface area contributed by atoms with E-state index in [4.69, 9.17) is 23.8 Å². The fourth-order valence-corrected chi connectivity index (χ4v) is 6.11. The van der Waals surface area contributed by atoms with Crippen molar-refractivity contribution in [1.82, 2.24) is 0 Å². The van der Waals surface area contributed by atoms with Crippen molar-refractivity contribution in [3.05, 3.63) is 0 Å². The summed E-state index contributed by atoms with van der Waals surface area (Å²) in [6, 6.07) is -0.347. The van der Waals surface area contributed by atoms with Gasteiger partial charge < -0.3 is 0 Å². The molecule has 2 N–H and O–H groups in total. The van der Waals surface area contributed by atoms with Crippen LogP contribution in [0.25, 0.3) is 0 Å². The van der Waals surface area contributed by atoms with E-state index in [2.05, 4.69) is 9.31 Å². The maximum absolute atomic E-state index is 13.7. The molecule has 0 aromatic carbocycles. The Morgan fingerprint density at radius 2 is 0.953 bits per heavy atom. The molecule has 0 saturated carbocycles. The summed E-state index contributed by atoms with van der Waals surface area (Å²) >= 11 is 0. The van der Waals surface area contributed by atoms with E-state index in [1.165, 1.54) is 13.8 Å². The second-order valence-electron chi connectivity index (χ2n) is 13.8. The van der Waals surface area contributed by atoms with Gasteiger partial charge in [0, 0.05) is 0 Å². The zero-order chi connectivity index (χ0) is 34.2. The average Bonchev–Trinajstić information content (AvgIpc) is 2.81. The molecule has 0 rings (SSSR count). The van der Waals surface area contributed by atoms with Crippen LogP contribution in [0, 0.1) is 27.6 Å². The van der Waals surface area contributed by atoms with Crippen LogP contribution in [0.1, 0.15) is 89.0 Å². The molecule has 13 nitrogen and oxygen atoms in total. The molecule has 0 bridgehead atoms. The van der Waals surface area contributed by atoms with Crippen molar-refractivity contribution < 1.29 is 56.2 Å². The summed E-state index contributed by atoms with van der Waals surface area (Å²) in [7, 11) is -5.40. The van der Waals surface area contributed by atoms with Crippen molar-refractivity contribution >= 4 is 74.2 Å². The number of carbonyl (C=O) groups excluding carboxylic acids is 6. The van der Waals surface area contributed by atoms with E-state index < -0.39 is 74.4 Å². The molecule has 0 amide bonds. The molecule has 0 aliphatic carbocycles. The molecule has 1 unspecified atom stereocenters. The van der Waals surface area contributed by atoms with Gasteiger partial charge in [-0.15, -0.1) is 0 Å². The number of rotatable bonds is 16. The molecule has 0 aromatic heterocycles. The van der Waals surface area contributed by atoms with Crippen molar-refractivity contribution in [3.63, 3.8) is 0 Å².